The molecule has 0 spiro atoms. The standard InChI is InChI=1S/C16H15F5O3/c1-2-10-3-6-14(23-8-10)16(20,21)24-11-4-5-13(12(17)7-11)22-9-15(18)19/h2,4-5,7,9-10,14H,1,3,6,8H2. The van der Waals surface area contributed by atoms with Gasteiger partial charge in [-0.05, 0) is 25.0 Å². The van der Waals surface area contributed by atoms with Crippen LogP contribution in [0.4, 0.5) is 22.0 Å². The SMILES string of the molecule is C=CC1CCC(C(F)(F)Oc2ccc(OC=C(F)F)c(F)c2)OC1. The quantitative estimate of drug-likeness (QED) is 0.415. The Bertz CT molecular complexity index is 606. The average Bonchev–Trinajstić information content (AvgIpc) is 2.53. The molecule has 2 atom stereocenters. The summed E-state index contributed by atoms with van der Waals surface area (Å²) in [6, 6.07) is 2.53. The Morgan fingerprint density at radius 3 is 2.58 bits per heavy atom. The van der Waals surface area contributed by atoms with Crippen LogP contribution in [0.25, 0.3) is 0 Å². The van der Waals surface area contributed by atoms with Crippen molar-refractivity contribution in [3.63, 3.8) is 0 Å². The summed E-state index contributed by atoms with van der Waals surface area (Å²) in [6.07, 6.45) is -5.06. The number of benzene rings is 1. The predicted molar refractivity (Wildman–Crippen MR) is 75.6 cm³/mol. The summed E-state index contributed by atoms with van der Waals surface area (Å²) < 4.78 is 79.5. The van der Waals surface area contributed by atoms with Crippen molar-refractivity contribution in [2.75, 3.05) is 6.61 Å². The van der Waals surface area contributed by atoms with E-state index in [-0.39, 0.29) is 25.2 Å². The molecule has 0 bridgehead atoms. The van der Waals surface area contributed by atoms with Gasteiger partial charge in [0.1, 0.15) is 5.75 Å². The van der Waals surface area contributed by atoms with Gasteiger partial charge in [0.2, 0.25) is 0 Å². The molecule has 1 aromatic rings. The van der Waals surface area contributed by atoms with Crippen LogP contribution in [0, 0.1) is 11.7 Å². The average molecular weight is 350 g/mol. The van der Waals surface area contributed by atoms with Crippen LogP contribution in [0.5, 0.6) is 11.5 Å². The summed E-state index contributed by atoms with van der Waals surface area (Å²) in [4.78, 5) is 0. The van der Waals surface area contributed by atoms with E-state index in [4.69, 9.17) is 4.74 Å². The van der Waals surface area contributed by atoms with E-state index in [0.29, 0.717) is 12.5 Å². The first-order valence-corrected chi connectivity index (χ1v) is 7.10. The van der Waals surface area contributed by atoms with Crippen LogP contribution in [-0.2, 0) is 4.74 Å². The molecule has 0 aromatic heterocycles. The fourth-order valence-electron chi connectivity index (χ4n) is 2.19. The highest BCUT2D eigenvalue weighted by atomic mass is 19.3. The Hall–Kier alpha value is -2.09. The lowest BCUT2D eigenvalue weighted by Gasteiger charge is -2.32. The number of hydrogen-bond acceptors (Lipinski definition) is 3. The maximum absolute atomic E-state index is 14.1. The van der Waals surface area contributed by atoms with E-state index in [1.807, 2.05) is 0 Å². The zero-order chi connectivity index (χ0) is 17.7. The number of halogens is 5. The van der Waals surface area contributed by atoms with Gasteiger partial charge in [-0.25, -0.2) is 4.39 Å². The lowest BCUT2D eigenvalue weighted by Crippen LogP contribution is -2.44. The van der Waals surface area contributed by atoms with E-state index in [9.17, 15) is 22.0 Å². The van der Waals surface area contributed by atoms with E-state index >= 15 is 0 Å². The Labute approximate surface area is 135 Å². The Balaban J connectivity index is 2.03. The van der Waals surface area contributed by atoms with Gasteiger partial charge in [0.25, 0.3) is 0 Å². The first-order valence-electron chi connectivity index (χ1n) is 7.10. The Morgan fingerprint density at radius 2 is 2.04 bits per heavy atom. The van der Waals surface area contributed by atoms with Gasteiger partial charge < -0.3 is 14.2 Å². The van der Waals surface area contributed by atoms with Gasteiger partial charge in [-0.15, -0.1) is 6.58 Å². The van der Waals surface area contributed by atoms with E-state index in [1.165, 1.54) is 0 Å². The molecule has 2 unspecified atom stereocenters. The monoisotopic (exact) mass is 350 g/mol. The summed E-state index contributed by atoms with van der Waals surface area (Å²) in [7, 11) is 0. The van der Waals surface area contributed by atoms with Gasteiger partial charge in [-0.1, -0.05) is 6.08 Å². The molecule has 2 rings (SSSR count). The highest BCUT2D eigenvalue weighted by Crippen LogP contribution is 2.34. The van der Waals surface area contributed by atoms with Crippen molar-refractivity contribution in [2.24, 2.45) is 5.92 Å². The van der Waals surface area contributed by atoms with Crippen molar-refractivity contribution in [1.82, 2.24) is 0 Å². The van der Waals surface area contributed by atoms with Crippen LogP contribution in [0.1, 0.15) is 12.8 Å². The summed E-state index contributed by atoms with van der Waals surface area (Å²) in [5, 5.41) is 0. The molecule has 1 saturated heterocycles. The van der Waals surface area contributed by atoms with Crippen molar-refractivity contribution >= 4 is 0 Å². The normalized spacial score (nSPS) is 21.0. The third-order valence-electron chi connectivity index (χ3n) is 3.45. The van der Waals surface area contributed by atoms with E-state index < -0.39 is 35.6 Å². The maximum Gasteiger partial charge on any atom is 0.424 e. The third kappa shape index (κ3) is 4.70. The van der Waals surface area contributed by atoms with Crippen LogP contribution < -0.4 is 9.47 Å². The molecule has 8 heteroatoms. The van der Waals surface area contributed by atoms with Crippen LogP contribution in [0.2, 0.25) is 0 Å². The second-order valence-electron chi connectivity index (χ2n) is 5.18. The summed E-state index contributed by atoms with van der Waals surface area (Å²) in [5.74, 6) is -2.11. The number of hydrogen-bond donors (Lipinski definition) is 0. The number of alkyl halides is 2. The second-order valence-corrected chi connectivity index (χ2v) is 5.18. The molecule has 0 saturated carbocycles. The lowest BCUT2D eigenvalue weighted by atomic mass is 9.98. The van der Waals surface area contributed by atoms with Crippen molar-refractivity contribution in [2.45, 2.75) is 25.1 Å². The molecular formula is C16H15F5O3. The predicted octanol–water partition coefficient (Wildman–Crippen LogP) is 4.90. The van der Waals surface area contributed by atoms with Gasteiger partial charge in [0.05, 0.1) is 6.61 Å². The molecule has 1 heterocycles. The minimum atomic E-state index is -3.66. The van der Waals surface area contributed by atoms with Gasteiger partial charge in [-0.3, -0.25) is 0 Å². The van der Waals surface area contributed by atoms with E-state index in [0.717, 1.165) is 12.1 Å². The van der Waals surface area contributed by atoms with Crippen LogP contribution in [-0.4, -0.2) is 18.8 Å². The van der Waals surface area contributed by atoms with Crippen LogP contribution in [0.15, 0.2) is 43.2 Å². The zero-order valence-corrected chi connectivity index (χ0v) is 12.5. The molecular weight excluding hydrogens is 335 g/mol. The van der Waals surface area contributed by atoms with Gasteiger partial charge >= 0.3 is 12.2 Å². The molecule has 1 aromatic carbocycles. The summed E-state index contributed by atoms with van der Waals surface area (Å²) in [6.45, 7) is 3.69. The van der Waals surface area contributed by atoms with Crippen molar-refractivity contribution in [3.05, 3.63) is 49.0 Å². The molecule has 0 aliphatic carbocycles. The molecule has 132 valence electrons. The topological polar surface area (TPSA) is 27.7 Å². The van der Waals surface area contributed by atoms with Gasteiger partial charge in [0, 0.05) is 12.0 Å². The number of ether oxygens (including phenoxy) is 3. The molecule has 3 nitrogen and oxygen atoms in total. The van der Waals surface area contributed by atoms with E-state index in [1.54, 1.807) is 6.08 Å². The molecule has 24 heavy (non-hydrogen) atoms. The first kappa shape index (κ1) is 18.3. The Kier molecular flexibility index (Phi) is 5.82. The lowest BCUT2D eigenvalue weighted by molar-refractivity contribution is -0.263. The van der Waals surface area contributed by atoms with Crippen molar-refractivity contribution in [1.29, 1.82) is 0 Å². The van der Waals surface area contributed by atoms with E-state index in [2.05, 4.69) is 16.1 Å². The smallest absolute Gasteiger partial charge is 0.424 e. The molecule has 0 radical (unpaired) electrons. The summed E-state index contributed by atoms with van der Waals surface area (Å²) >= 11 is 0. The minimum Gasteiger partial charge on any atom is -0.456 e. The highest BCUT2D eigenvalue weighted by Gasteiger charge is 2.45. The van der Waals surface area contributed by atoms with Crippen LogP contribution >= 0.6 is 0 Å². The second kappa shape index (κ2) is 7.65. The fraction of sp³-hybridized carbons (Fsp3) is 0.375. The van der Waals surface area contributed by atoms with Gasteiger partial charge in [0.15, 0.2) is 23.9 Å². The maximum atomic E-state index is 14.1. The van der Waals surface area contributed by atoms with Gasteiger partial charge in [-0.2, -0.15) is 17.6 Å². The number of rotatable bonds is 6. The first-order chi connectivity index (χ1) is 11.3. The molecule has 1 aliphatic heterocycles. The Morgan fingerprint density at radius 1 is 1.29 bits per heavy atom. The zero-order valence-electron chi connectivity index (χ0n) is 12.5. The van der Waals surface area contributed by atoms with Crippen LogP contribution in [0.3, 0.4) is 0 Å². The molecule has 0 amide bonds. The largest absolute Gasteiger partial charge is 0.456 e. The third-order valence-corrected chi connectivity index (χ3v) is 3.45. The molecule has 1 fully saturated rings. The molecule has 0 N–H and O–H groups in total. The van der Waals surface area contributed by atoms with Crippen molar-refractivity contribution < 1.29 is 36.2 Å². The molecule has 1 aliphatic rings. The highest BCUT2D eigenvalue weighted by molar-refractivity contribution is 5.33. The van der Waals surface area contributed by atoms with Crippen molar-refractivity contribution in [3.8, 4) is 11.5 Å². The summed E-state index contributed by atoms with van der Waals surface area (Å²) in [5.41, 5.74) is 0. The fourth-order valence-corrected chi connectivity index (χ4v) is 2.19. The minimum absolute atomic E-state index is 0.00915.